The molecule has 0 radical (unpaired) electrons. The Labute approximate surface area is 84.0 Å². The minimum absolute atomic E-state index is 0.392. The zero-order valence-electron chi connectivity index (χ0n) is 7.74. The number of rotatable bonds is 5. The zero-order valence-corrected chi connectivity index (χ0v) is 8.50. The summed E-state index contributed by atoms with van der Waals surface area (Å²) in [5.41, 5.74) is 1.21. The predicted molar refractivity (Wildman–Crippen MR) is 54.3 cm³/mol. The maximum atomic E-state index is 5.70. The number of halogens is 1. The highest BCUT2D eigenvalue weighted by Crippen LogP contribution is 2.05. The van der Waals surface area contributed by atoms with Crippen LogP contribution in [0.25, 0.3) is 0 Å². The van der Waals surface area contributed by atoms with Crippen LogP contribution in [0, 0.1) is 0 Å². The second-order valence-corrected chi connectivity index (χ2v) is 2.90. The highest BCUT2D eigenvalue weighted by molar-refractivity contribution is 6.17. The Morgan fingerprint density at radius 3 is 2.54 bits per heavy atom. The van der Waals surface area contributed by atoms with E-state index in [9.17, 15) is 0 Å². The molecule has 0 heterocycles. The highest BCUT2D eigenvalue weighted by Gasteiger charge is 2.02. The molecule has 0 unspecified atom stereocenters. The van der Waals surface area contributed by atoms with Gasteiger partial charge in [0, 0.05) is 0 Å². The van der Waals surface area contributed by atoms with Crippen LogP contribution in [0.2, 0.25) is 0 Å². The first-order chi connectivity index (χ1) is 6.36. The summed E-state index contributed by atoms with van der Waals surface area (Å²) in [7, 11) is 0. The fourth-order valence-corrected chi connectivity index (χ4v) is 1.25. The average molecular weight is 200 g/mol. The van der Waals surface area contributed by atoms with E-state index < -0.39 is 0 Å². The lowest BCUT2D eigenvalue weighted by Crippen LogP contribution is -2.21. The van der Waals surface area contributed by atoms with Crippen molar-refractivity contribution < 1.29 is 4.84 Å². The highest BCUT2D eigenvalue weighted by atomic mass is 35.5. The number of nitrogens with zero attached hydrogens (tertiary/aromatic N) is 1. The topological polar surface area (TPSA) is 12.5 Å². The molecule has 0 aliphatic heterocycles. The average Bonchev–Trinajstić information content (AvgIpc) is 2.19. The van der Waals surface area contributed by atoms with E-state index >= 15 is 0 Å². The van der Waals surface area contributed by atoms with Gasteiger partial charge in [0.2, 0.25) is 0 Å². The lowest BCUT2D eigenvalue weighted by Gasteiger charge is -2.17. The smallest absolute Gasteiger partial charge is 0.0987 e. The number of hydrogen-bond donors (Lipinski definition) is 0. The van der Waals surface area contributed by atoms with Crippen molar-refractivity contribution in [1.29, 1.82) is 0 Å². The molecule has 0 atom stereocenters. The van der Waals surface area contributed by atoms with Gasteiger partial charge in [-0.05, 0) is 12.5 Å². The van der Waals surface area contributed by atoms with Crippen LogP contribution in [-0.4, -0.2) is 17.7 Å². The Morgan fingerprint density at radius 2 is 2.00 bits per heavy atom. The molecular formula is C10H14ClNO. The van der Waals surface area contributed by atoms with Crippen molar-refractivity contribution in [3.05, 3.63) is 35.9 Å². The summed E-state index contributed by atoms with van der Waals surface area (Å²) in [6.45, 7) is 3.34. The van der Waals surface area contributed by atoms with Crippen molar-refractivity contribution in [3.8, 4) is 0 Å². The van der Waals surface area contributed by atoms with Gasteiger partial charge in [0.25, 0.3) is 0 Å². The lowest BCUT2D eigenvalue weighted by atomic mass is 10.2. The van der Waals surface area contributed by atoms with Crippen molar-refractivity contribution in [3.63, 3.8) is 0 Å². The van der Waals surface area contributed by atoms with Gasteiger partial charge < -0.3 is 0 Å². The second kappa shape index (κ2) is 5.97. The molecule has 1 aromatic rings. The summed E-state index contributed by atoms with van der Waals surface area (Å²) in [6.07, 6.45) is 0. The molecule has 0 bridgehead atoms. The van der Waals surface area contributed by atoms with Crippen LogP contribution in [0.3, 0.4) is 0 Å². The van der Waals surface area contributed by atoms with Crippen molar-refractivity contribution in [2.75, 3.05) is 12.6 Å². The maximum Gasteiger partial charge on any atom is 0.0987 e. The van der Waals surface area contributed by atoms with E-state index in [1.165, 1.54) is 5.56 Å². The fraction of sp³-hybridized carbons (Fsp3) is 0.400. The fourth-order valence-electron chi connectivity index (χ4n) is 1.09. The molecule has 0 spiro atoms. The molecule has 0 saturated carbocycles. The van der Waals surface area contributed by atoms with Gasteiger partial charge in [0.1, 0.15) is 0 Å². The first-order valence-corrected chi connectivity index (χ1v) is 4.88. The van der Waals surface area contributed by atoms with Crippen LogP contribution in [0.1, 0.15) is 12.5 Å². The molecule has 3 heteroatoms. The molecule has 0 aromatic heterocycles. The molecule has 0 aliphatic carbocycles. The van der Waals surface area contributed by atoms with Crippen molar-refractivity contribution >= 4 is 11.6 Å². The molecule has 1 rings (SSSR count). The van der Waals surface area contributed by atoms with E-state index in [0.29, 0.717) is 12.6 Å². The van der Waals surface area contributed by atoms with E-state index in [1.807, 2.05) is 25.1 Å². The Morgan fingerprint density at radius 1 is 1.31 bits per heavy atom. The number of hydrogen-bond acceptors (Lipinski definition) is 2. The summed E-state index contributed by atoms with van der Waals surface area (Å²) >= 11 is 5.70. The van der Waals surface area contributed by atoms with Gasteiger partial charge in [0.05, 0.1) is 19.2 Å². The van der Waals surface area contributed by atoms with Gasteiger partial charge in [-0.1, -0.05) is 30.3 Å². The molecule has 13 heavy (non-hydrogen) atoms. The van der Waals surface area contributed by atoms with E-state index in [0.717, 1.165) is 6.54 Å². The summed E-state index contributed by atoms with van der Waals surface area (Å²) in [5, 5.41) is 1.73. The van der Waals surface area contributed by atoms with Gasteiger partial charge in [-0.15, -0.1) is 11.6 Å². The predicted octanol–water partition coefficient (Wildman–Crippen LogP) is 2.64. The van der Waals surface area contributed by atoms with Gasteiger partial charge >= 0.3 is 0 Å². The Balaban J connectivity index is 2.46. The lowest BCUT2D eigenvalue weighted by molar-refractivity contribution is -0.148. The van der Waals surface area contributed by atoms with Crippen molar-refractivity contribution in [2.45, 2.75) is 13.5 Å². The normalized spacial score (nSPS) is 10.7. The minimum atomic E-state index is 0.392. The summed E-state index contributed by atoms with van der Waals surface area (Å²) in [5.74, 6) is 0. The van der Waals surface area contributed by atoms with Crippen LogP contribution in [0.4, 0.5) is 0 Å². The Hall–Kier alpha value is -0.570. The van der Waals surface area contributed by atoms with Gasteiger partial charge in [-0.2, -0.15) is 5.06 Å². The van der Waals surface area contributed by atoms with Gasteiger partial charge in [0.15, 0.2) is 0 Å². The Bertz CT molecular complexity index is 228. The molecule has 2 nitrogen and oxygen atoms in total. The standard InChI is InChI=1S/C10H14ClNO/c1-2-13-12(9-11)8-10-6-4-3-5-7-10/h3-7H,2,8-9H2,1H3. The summed E-state index contributed by atoms with van der Waals surface area (Å²) in [4.78, 5) is 5.30. The molecule has 72 valence electrons. The zero-order chi connectivity index (χ0) is 9.52. The van der Waals surface area contributed by atoms with E-state index in [2.05, 4.69) is 12.1 Å². The van der Waals surface area contributed by atoms with Crippen LogP contribution >= 0.6 is 11.6 Å². The largest absolute Gasteiger partial charge is 0.298 e. The number of benzene rings is 1. The van der Waals surface area contributed by atoms with Gasteiger partial charge in [-0.25, -0.2) is 0 Å². The van der Waals surface area contributed by atoms with Crippen LogP contribution < -0.4 is 0 Å². The van der Waals surface area contributed by atoms with Gasteiger partial charge in [-0.3, -0.25) is 4.84 Å². The Kier molecular flexibility index (Phi) is 4.83. The molecule has 0 aliphatic rings. The molecular weight excluding hydrogens is 186 g/mol. The van der Waals surface area contributed by atoms with Crippen molar-refractivity contribution in [2.24, 2.45) is 0 Å². The number of hydroxylamine groups is 2. The molecule has 0 N–H and O–H groups in total. The molecule has 0 amide bonds. The van der Waals surface area contributed by atoms with Crippen LogP contribution in [0.15, 0.2) is 30.3 Å². The van der Waals surface area contributed by atoms with E-state index in [4.69, 9.17) is 16.4 Å². The third kappa shape index (κ3) is 3.77. The molecule has 0 saturated heterocycles. The third-order valence-electron chi connectivity index (χ3n) is 1.65. The van der Waals surface area contributed by atoms with Crippen LogP contribution in [0.5, 0.6) is 0 Å². The van der Waals surface area contributed by atoms with E-state index in [-0.39, 0.29) is 0 Å². The van der Waals surface area contributed by atoms with E-state index in [1.54, 1.807) is 5.06 Å². The quantitative estimate of drug-likeness (QED) is 0.411. The molecule has 0 fully saturated rings. The summed E-state index contributed by atoms with van der Waals surface area (Å²) in [6, 6.07) is 10.5. The SMILES string of the molecule is CCON(CCl)Cc1ccccc1. The first-order valence-electron chi connectivity index (χ1n) is 4.34. The summed E-state index contributed by atoms with van der Waals surface area (Å²) < 4.78 is 0. The molecule has 1 aromatic carbocycles. The first kappa shape index (κ1) is 10.5. The maximum absolute atomic E-state index is 5.70. The van der Waals surface area contributed by atoms with Crippen LogP contribution in [-0.2, 0) is 11.4 Å². The second-order valence-electron chi connectivity index (χ2n) is 2.66. The monoisotopic (exact) mass is 199 g/mol. The number of alkyl halides is 1. The van der Waals surface area contributed by atoms with Crippen molar-refractivity contribution in [1.82, 2.24) is 5.06 Å². The minimum Gasteiger partial charge on any atom is -0.298 e. The third-order valence-corrected chi connectivity index (χ3v) is 1.91.